The van der Waals surface area contributed by atoms with E-state index in [1.54, 1.807) is 7.11 Å². The standard InChI is InChI=1S/C20H27N3O2/c1-15-8-9-17-13-23(12-16-6-4-5-7-19(16)25-3)11-10-18(14-24)22(2)20(17)21-15/h4-9,18,24H,10-14H2,1-3H3/t18-/m0/s1. The van der Waals surface area contributed by atoms with Gasteiger partial charge in [0.2, 0.25) is 0 Å². The van der Waals surface area contributed by atoms with Gasteiger partial charge in [-0.3, -0.25) is 4.90 Å². The molecule has 1 aromatic carbocycles. The van der Waals surface area contributed by atoms with Gasteiger partial charge in [-0.15, -0.1) is 0 Å². The monoisotopic (exact) mass is 341 g/mol. The summed E-state index contributed by atoms with van der Waals surface area (Å²) in [7, 11) is 3.74. The predicted molar refractivity (Wildman–Crippen MR) is 100.0 cm³/mol. The van der Waals surface area contributed by atoms with Crippen molar-refractivity contribution in [3.8, 4) is 5.75 Å². The molecule has 0 amide bonds. The Balaban J connectivity index is 1.90. The van der Waals surface area contributed by atoms with Crippen LogP contribution in [0.3, 0.4) is 0 Å². The van der Waals surface area contributed by atoms with E-state index < -0.39 is 0 Å². The lowest BCUT2D eigenvalue weighted by Gasteiger charge is -2.35. The minimum atomic E-state index is 0.0773. The van der Waals surface area contributed by atoms with Gasteiger partial charge in [0.15, 0.2) is 0 Å². The number of benzene rings is 1. The lowest BCUT2D eigenvalue weighted by Crippen LogP contribution is -2.41. The number of aliphatic hydroxyl groups is 1. The molecule has 0 fully saturated rings. The van der Waals surface area contributed by atoms with Crippen molar-refractivity contribution in [1.29, 1.82) is 0 Å². The fourth-order valence-electron chi connectivity index (χ4n) is 3.44. The van der Waals surface area contributed by atoms with Crippen LogP contribution in [0.4, 0.5) is 5.82 Å². The maximum atomic E-state index is 9.82. The number of aromatic nitrogens is 1. The Kier molecular flexibility index (Phi) is 5.56. The molecule has 2 aromatic rings. The lowest BCUT2D eigenvalue weighted by molar-refractivity contribution is 0.204. The third kappa shape index (κ3) is 3.94. The van der Waals surface area contributed by atoms with E-state index in [-0.39, 0.29) is 12.6 Å². The summed E-state index contributed by atoms with van der Waals surface area (Å²) in [5.74, 6) is 1.89. The third-order valence-corrected chi connectivity index (χ3v) is 4.95. The van der Waals surface area contributed by atoms with Crippen LogP contribution in [0.2, 0.25) is 0 Å². The summed E-state index contributed by atoms with van der Waals surface area (Å²) in [6.07, 6.45) is 0.900. The van der Waals surface area contributed by atoms with Crippen LogP contribution in [0.1, 0.15) is 23.2 Å². The molecule has 1 aromatic heterocycles. The number of hydrogen-bond donors (Lipinski definition) is 1. The smallest absolute Gasteiger partial charge is 0.133 e. The fourth-order valence-corrected chi connectivity index (χ4v) is 3.44. The first kappa shape index (κ1) is 17.7. The first-order valence-electron chi connectivity index (χ1n) is 8.77. The maximum absolute atomic E-state index is 9.82. The highest BCUT2D eigenvalue weighted by molar-refractivity contribution is 5.48. The van der Waals surface area contributed by atoms with Crippen LogP contribution in [0, 0.1) is 6.92 Å². The molecule has 134 valence electrons. The Morgan fingerprint density at radius 3 is 2.80 bits per heavy atom. The quantitative estimate of drug-likeness (QED) is 0.926. The number of ether oxygens (including phenoxy) is 1. The van der Waals surface area contributed by atoms with Crippen molar-refractivity contribution in [2.45, 2.75) is 32.5 Å². The Hall–Kier alpha value is -2.11. The highest BCUT2D eigenvalue weighted by Crippen LogP contribution is 2.27. The zero-order chi connectivity index (χ0) is 17.8. The minimum Gasteiger partial charge on any atom is -0.496 e. The van der Waals surface area contributed by atoms with E-state index >= 15 is 0 Å². The van der Waals surface area contributed by atoms with E-state index in [0.717, 1.165) is 43.3 Å². The predicted octanol–water partition coefficient (Wildman–Crippen LogP) is 2.60. The number of anilines is 1. The summed E-state index contributed by atoms with van der Waals surface area (Å²) in [4.78, 5) is 9.27. The van der Waals surface area contributed by atoms with E-state index in [1.807, 2.05) is 32.2 Å². The molecule has 1 N–H and O–H groups in total. The Morgan fingerprint density at radius 1 is 1.24 bits per heavy atom. The largest absolute Gasteiger partial charge is 0.496 e. The van der Waals surface area contributed by atoms with Gasteiger partial charge in [0.1, 0.15) is 11.6 Å². The van der Waals surface area contributed by atoms with E-state index in [4.69, 9.17) is 9.72 Å². The summed E-state index contributed by atoms with van der Waals surface area (Å²) in [5, 5.41) is 9.82. The second-order valence-corrected chi connectivity index (χ2v) is 6.69. The van der Waals surface area contributed by atoms with Crippen molar-refractivity contribution in [2.75, 3.05) is 32.2 Å². The zero-order valence-corrected chi connectivity index (χ0v) is 15.3. The van der Waals surface area contributed by atoms with Gasteiger partial charge in [0.25, 0.3) is 0 Å². The summed E-state index contributed by atoms with van der Waals surface area (Å²) in [6, 6.07) is 12.4. The normalized spacial score (nSPS) is 18.4. The number of para-hydroxylation sites is 1. The van der Waals surface area contributed by atoms with Crippen LogP contribution in [0.15, 0.2) is 36.4 Å². The molecule has 5 heteroatoms. The highest BCUT2D eigenvalue weighted by Gasteiger charge is 2.24. The highest BCUT2D eigenvalue weighted by atomic mass is 16.5. The number of likely N-dealkylation sites (N-methyl/N-ethyl adjacent to an activating group) is 1. The molecule has 0 saturated heterocycles. The summed E-state index contributed by atoms with van der Waals surface area (Å²) < 4.78 is 5.50. The fraction of sp³-hybridized carbons (Fsp3) is 0.450. The molecule has 3 rings (SSSR count). The first-order chi connectivity index (χ1) is 12.1. The van der Waals surface area contributed by atoms with E-state index in [1.165, 1.54) is 11.1 Å². The van der Waals surface area contributed by atoms with Crippen molar-refractivity contribution >= 4 is 5.82 Å². The van der Waals surface area contributed by atoms with Crippen molar-refractivity contribution in [1.82, 2.24) is 9.88 Å². The van der Waals surface area contributed by atoms with Crippen LogP contribution >= 0.6 is 0 Å². The lowest BCUT2D eigenvalue weighted by atomic mass is 10.1. The molecule has 1 aliphatic heterocycles. The van der Waals surface area contributed by atoms with E-state index in [0.29, 0.717) is 0 Å². The topological polar surface area (TPSA) is 48.8 Å². The Bertz CT molecular complexity index is 720. The molecule has 0 saturated carbocycles. The number of nitrogens with zero attached hydrogens (tertiary/aromatic N) is 3. The average molecular weight is 341 g/mol. The molecule has 1 atom stereocenters. The third-order valence-electron chi connectivity index (χ3n) is 4.95. The van der Waals surface area contributed by atoms with Crippen LogP contribution in [0.25, 0.3) is 0 Å². The van der Waals surface area contributed by atoms with Gasteiger partial charge in [0, 0.05) is 43.5 Å². The zero-order valence-electron chi connectivity index (χ0n) is 15.3. The van der Waals surface area contributed by atoms with Gasteiger partial charge < -0.3 is 14.7 Å². The van der Waals surface area contributed by atoms with Gasteiger partial charge in [0.05, 0.1) is 19.8 Å². The second-order valence-electron chi connectivity index (χ2n) is 6.69. The van der Waals surface area contributed by atoms with Crippen molar-refractivity contribution in [3.05, 3.63) is 53.2 Å². The van der Waals surface area contributed by atoms with Gasteiger partial charge >= 0.3 is 0 Å². The van der Waals surface area contributed by atoms with Crippen molar-refractivity contribution in [2.24, 2.45) is 0 Å². The van der Waals surface area contributed by atoms with Gasteiger partial charge in [-0.05, 0) is 25.5 Å². The van der Waals surface area contributed by atoms with Gasteiger partial charge in [-0.1, -0.05) is 24.3 Å². The average Bonchev–Trinajstić information content (AvgIpc) is 2.62. The summed E-state index contributed by atoms with van der Waals surface area (Å²) in [6.45, 7) is 4.71. The molecule has 5 nitrogen and oxygen atoms in total. The molecule has 0 bridgehead atoms. The molecule has 0 unspecified atom stereocenters. The molecule has 0 aliphatic carbocycles. The van der Waals surface area contributed by atoms with E-state index in [9.17, 15) is 5.11 Å². The Labute approximate surface area is 149 Å². The number of methoxy groups -OCH3 is 1. The molecule has 25 heavy (non-hydrogen) atoms. The Morgan fingerprint density at radius 2 is 2.04 bits per heavy atom. The number of pyridine rings is 1. The number of aryl methyl sites for hydroxylation is 1. The molecular weight excluding hydrogens is 314 g/mol. The molecule has 2 heterocycles. The summed E-state index contributed by atoms with van der Waals surface area (Å²) >= 11 is 0. The van der Waals surface area contributed by atoms with Crippen molar-refractivity contribution < 1.29 is 9.84 Å². The summed E-state index contributed by atoms with van der Waals surface area (Å²) in [5.41, 5.74) is 3.38. The van der Waals surface area contributed by atoms with Crippen LogP contribution < -0.4 is 9.64 Å². The minimum absolute atomic E-state index is 0.0773. The van der Waals surface area contributed by atoms with Gasteiger partial charge in [-0.2, -0.15) is 0 Å². The van der Waals surface area contributed by atoms with Crippen molar-refractivity contribution in [3.63, 3.8) is 0 Å². The number of hydrogen-bond acceptors (Lipinski definition) is 5. The molecular formula is C20H27N3O2. The molecule has 0 spiro atoms. The maximum Gasteiger partial charge on any atom is 0.133 e. The molecule has 0 radical (unpaired) electrons. The number of aliphatic hydroxyl groups excluding tert-OH is 1. The second kappa shape index (κ2) is 7.85. The number of rotatable bonds is 4. The van der Waals surface area contributed by atoms with Crippen LogP contribution in [-0.4, -0.2) is 48.3 Å². The van der Waals surface area contributed by atoms with Crippen LogP contribution in [-0.2, 0) is 13.1 Å². The number of fused-ring (bicyclic) bond motifs is 1. The van der Waals surface area contributed by atoms with E-state index in [2.05, 4.69) is 28.0 Å². The molecule has 1 aliphatic rings. The van der Waals surface area contributed by atoms with Gasteiger partial charge in [-0.25, -0.2) is 4.98 Å². The SMILES string of the molecule is COc1ccccc1CN1CC[C@@H](CO)N(C)c2nc(C)ccc2C1. The van der Waals surface area contributed by atoms with Crippen LogP contribution in [0.5, 0.6) is 5.75 Å². The first-order valence-corrected chi connectivity index (χ1v) is 8.77.